The molecule has 0 aliphatic carbocycles. The monoisotopic (exact) mass is 299 g/mol. The summed E-state index contributed by atoms with van der Waals surface area (Å²) in [6.07, 6.45) is 4.82. The van der Waals surface area contributed by atoms with Crippen LogP contribution in [-0.2, 0) is 0 Å². The minimum Gasteiger partial charge on any atom is -0.497 e. The third kappa shape index (κ3) is 2.84. The number of H-pyrrole nitrogens is 1. The number of rotatable bonds is 3. The van der Waals surface area contributed by atoms with Gasteiger partial charge in [0.1, 0.15) is 5.75 Å². The Bertz CT molecular complexity index is 665. The van der Waals surface area contributed by atoms with E-state index in [9.17, 15) is 4.79 Å². The van der Waals surface area contributed by atoms with Crippen LogP contribution in [0.25, 0.3) is 0 Å². The number of amides is 1. The lowest BCUT2D eigenvalue weighted by atomic mass is 9.95. The fourth-order valence-corrected chi connectivity index (χ4v) is 3.03. The van der Waals surface area contributed by atoms with Crippen molar-refractivity contribution in [2.75, 3.05) is 13.7 Å². The van der Waals surface area contributed by atoms with Gasteiger partial charge in [-0.15, -0.1) is 0 Å². The Hall–Kier alpha value is -2.30. The first-order valence-corrected chi connectivity index (χ1v) is 7.65. The van der Waals surface area contributed by atoms with Gasteiger partial charge in [0.25, 0.3) is 5.91 Å². The Balaban J connectivity index is 1.89. The molecule has 116 valence electrons. The van der Waals surface area contributed by atoms with Crippen molar-refractivity contribution in [1.29, 1.82) is 0 Å². The molecule has 1 N–H and O–H groups in total. The summed E-state index contributed by atoms with van der Waals surface area (Å²) in [6.45, 7) is 2.67. The van der Waals surface area contributed by atoms with Crippen molar-refractivity contribution in [1.82, 2.24) is 14.9 Å². The van der Waals surface area contributed by atoms with E-state index in [0.29, 0.717) is 5.82 Å². The number of likely N-dealkylation sites (tertiary alicyclic amines) is 1. The van der Waals surface area contributed by atoms with Gasteiger partial charge in [-0.1, -0.05) is 12.1 Å². The summed E-state index contributed by atoms with van der Waals surface area (Å²) in [7, 11) is 1.66. The van der Waals surface area contributed by atoms with Gasteiger partial charge in [-0.2, -0.15) is 0 Å². The summed E-state index contributed by atoms with van der Waals surface area (Å²) in [5.74, 6) is 1.22. The molecule has 2 aromatic rings. The van der Waals surface area contributed by atoms with E-state index in [1.165, 1.54) is 0 Å². The third-order valence-corrected chi connectivity index (χ3v) is 4.15. The number of aromatic amines is 1. The molecular formula is C17H21N3O2. The molecule has 1 aliphatic rings. The van der Waals surface area contributed by atoms with Crippen molar-refractivity contribution in [3.05, 3.63) is 47.5 Å². The maximum absolute atomic E-state index is 12.8. The van der Waals surface area contributed by atoms with E-state index >= 15 is 0 Å². The van der Waals surface area contributed by atoms with Gasteiger partial charge >= 0.3 is 0 Å². The predicted octanol–water partition coefficient (Wildman–Crippen LogP) is 3.09. The highest BCUT2D eigenvalue weighted by Crippen LogP contribution is 2.33. The first kappa shape index (κ1) is 14.6. The zero-order valence-electron chi connectivity index (χ0n) is 13.0. The summed E-state index contributed by atoms with van der Waals surface area (Å²) in [5, 5.41) is 0. The minimum atomic E-state index is -0.0272. The van der Waals surface area contributed by atoms with Crippen LogP contribution in [0.5, 0.6) is 5.75 Å². The van der Waals surface area contributed by atoms with Crippen LogP contribution >= 0.6 is 0 Å². The SMILES string of the molecule is COc1cccc(C2CCCCN2C(=O)c2ncc(C)[nH]2)c1. The Morgan fingerprint density at radius 3 is 3.00 bits per heavy atom. The first-order chi connectivity index (χ1) is 10.7. The quantitative estimate of drug-likeness (QED) is 0.947. The van der Waals surface area contributed by atoms with E-state index in [2.05, 4.69) is 16.0 Å². The number of benzene rings is 1. The number of carbonyl (C=O) groups is 1. The zero-order chi connectivity index (χ0) is 15.5. The molecule has 1 amide bonds. The van der Waals surface area contributed by atoms with E-state index in [-0.39, 0.29) is 11.9 Å². The molecule has 1 saturated heterocycles. The van der Waals surface area contributed by atoms with Crippen molar-refractivity contribution in [2.24, 2.45) is 0 Å². The van der Waals surface area contributed by atoms with Gasteiger partial charge in [0.15, 0.2) is 5.82 Å². The van der Waals surface area contributed by atoms with Crippen molar-refractivity contribution < 1.29 is 9.53 Å². The number of methoxy groups -OCH3 is 1. The topological polar surface area (TPSA) is 58.2 Å². The number of aromatic nitrogens is 2. The van der Waals surface area contributed by atoms with Gasteiger partial charge in [-0.05, 0) is 43.9 Å². The highest BCUT2D eigenvalue weighted by Gasteiger charge is 2.30. The number of nitrogens with one attached hydrogen (secondary N) is 1. The third-order valence-electron chi connectivity index (χ3n) is 4.15. The van der Waals surface area contributed by atoms with Crippen LogP contribution in [0.3, 0.4) is 0 Å². The fourth-order valence-electron chi connectivity index (χ4n) is 3.03. The van der Waals surface area contributed by atoms with Gasteiger partial charge in [-0.3, -0.25) is 4.79 Å². The Morgan fingerprint density at radius 2 is 2.27 bits per heavy atom. The van der Waals surface area contributed by atoms with E-state index in [1.807, 2.05) is 30.0 Å². The van der Waals surface area contributed by atoms with Crippen LogP contribution in [0.15, 0.2) is 30.5 Å². The number of aryl methyl sites for hydroxylation is 1. The second-order valence-electron chi connectivity index (χ2n) is 5.70. The van der Waals surface area contributed by atoms with Gasteiger partial charge < -0.3 is 14.6 Å². The zero-order valence-corrected chi connectivity index (χ0v) is 13.0. The molecule has 0 spiro atoms. The number of piperidine rings is 1. The number of nitrogens with zero attached hydrogens (tertiary/aromatic N) is 2. The van der Waals surface area contributed by atoms with Crippen molar-refractivity contribution in [3.8, 4) is 5.75 Å². The Morgan fingerprint density at radius 1 is 1.41 bits per heavy atom. The first-order valence-electron chi connectivity index (χ1n) is 7.65. The minimum absolute atomic E-state index is 0.0272. The molecular weight excluding hydrogens is 278 g/mol. The molecule has 22 heavy (non-hydrogen) atoms. The molecule has 1 aromatic heterocycles. The molecule has 5 nitrogen and oxygen atoms in total. The molecule has 1 atom stereocenters. The smallest absolute Gasteiger partial charge is 0.290 e. The molecule has 5 heteroatoms. The highest BCUT2D eigenvalue weighted by molar-refractivity contribution is 5.91. The van der Waals surface area contributed by atoms with E-state index < -0.39 is 0 Å². The normalized spacial score (nSPS) is 18.3. The van der Waals surface area contributed by atoms with E-state index in [4.69, 9.17) is 4.74 Å². The summed E-state index contributed by atoms with van der Waals surface area (Å²) in [4.78, 5) is 21.9. The second-order valence-corrected chi connectivity index (χ2v) is 5.70. The molecule has 0 bridgehead atoms. The molecule has 0 radical (unpaired) electrons. The van der Waals surface area contributed by atoms with Crippen LogP contribution in [-0.4, -0.2) is 34.4 Å². The van der Waals surface area contributed by atoms with Crippen LogP contribution in [0.2, 0.25) is 0 Å². The molecule has 1 aromatic carbocycles. The van der Waals surface area contributed by atoms with E-state index in [0.717, 1.165) is 42.8 Å². The standard InChI is InChI=1S/C17H21N3O2/c1-12-11-18-16(19-12)17(21)20-9-4-3-8-15(20)13-6-5-7-14(10-13)22-2/h5-7,10-11,15H,3-4,8-9H2,1-2H3,(H,18,19). The molecule has 1 fully saturated rings. The average molecular weight is 299 g/mol. The highest BCUT2D eigenvalue weighted by atomic mass is 16.5. The Labute approximate surface area is 130 Å². The lowest BCUT2D eigenvalue weighted by Crippen LogP contribution is -2.39. The van der Waals surface area contributed by atoms with Crippen LogP contribution in [0.1, 0.15) is 47.2 Å². The molecule has 0 saturated carbocycles. The lowest BCUT2D eigenvalue weighted by Gasteiger charge is -2.35. The van der Waals surface area contributed by atoms with Gasteiger partial charge in [-0.25, -0.2) is 4.98 Å². The largest absolute Gasteiger partial charge is 0.497 e. The number of ether oxygens (including phenoxy) is 1. The van der Waals surface area contributed by atoms with Crippen molar-refractivity contribution in [3.63, 3.8) is 0 Å². The number of hydrogen-bond acceptors (Lipinski definition) is 3. The maximum Gasteiger partial charge on any atom is 0.290 e. The van der Waals surface area contributed by atoms with Crippen LogP contribution in [0.4, 0.5) is 0 Å². The molecule has 2 heterocycles. The predicted molar refractivity (Wildman–Crippen MR) is 83.9 cm³/mol. The lowest BCUT2D eigenvalue weighted by molar-refractivity contribution is 0.0599. The van der Waals surface area contributed by atoms with Crippen molar-refractivity contribution in [2.45, 2.75) is 32.2 Å². The molecule has 1 aliphatic heterocycles. The fraction of sp³-hybridized carbons (Fsp3) is 0.412. The number of imidazole rings is 1. The van der Waals surface area contributed by atoms with Gasteiger partial charge in [0, 0.05) is 18.4 Å². The summed E-state index contributed by atoms with van der Waals surface area (Å²) in [6, 6.07) is 8.06. The second kappa shape index (κ2) is 6.22. The summed E-state index contributed by atoms with van der Waals surface area (Å²) in [5.41, 5.74) is 2.02. The van der Waals surface area contributed by atoms with Gasteiger partial charge in [0.05, 0.1) is 13.2 Å². The van der Waals surface area contributed by atoms with E-state index in [1.54, 1.807) is 13.3 Å². The number of hydrogen-bond donors (Lipinski definition) is 1. The average Bonchev–Trinajstić information content (AvgIpc) is 3.00. The van der Waals surface area contributed by atoms with Crippen LogP contribution < -0.4 is 4.74 Å². The van der Waals surface area contributed by atoms with Crippen LogP contribution in [0, 0.1) is 6.92 Å². The van der Waals surface area contributed by atoms with Crippen molar-refractivity contribution >= 4 is 5.91 Å². The molecule has 1 unspecified atom stereocenters. The summed E-state index contributed by atoms with van der Waals surface area (Å²) >= 11 is 0. The maximum atomic E-state index is 12.8. The summed E-state index contributed by atoms with van der Waals surface area (Å²) < 4.78 is 5.31. The Kier molecular flexibility index (Phi) is 4.13. The molecule has 3 rings (SSSR count). The van der Waals surface area contributed by atoms with Gasteiger partial charge in [0.2, 0.25) is 0 Å². The number of carbonyl (C=O) groups excluding carboxylic acids is 1.